The molecule has 3 heterocycles. The maximum absolute atomic E-state index is 9.40. The quantitative estimate of drug-likeness (QED) is 0.786. The van der Waals surface area contributed by atoms with Gasteiger partial charge >= 0.3 is 0 Å². The molecule has 1 aliphatic rings. The van der Waals surface area contributed by atoms with E-state index >= 15 is 0 Å². The van der Waals surface area contributed by atoms with E-state index in [4.69, 9.17) is 0 Å². The van der Waals surface area contributed by atoms with Crippen LogP contribution >= 0.6 is 0 Å². The molecule has 0 bridgehead atoms. The number of aromatic nitrogens is 2. The summed E-state index contributed by atoms with van der Waals surface area (Å²) in [4.78, 5) is 6.80. The lowest BCUT2D eigenvalue weighted by atomic mass is 10.1. The highest BCUT2D eigenvalue weighted by molar-refractivity contribution is 5.50. The molecule has 0 aromatic carbocycles. The SMILES string of the molecule is CN1CCC(c2ncc3cc(O)ccn23)C1. The third-order valence-electron chi connectivity index (χ3n) is 3.30. The fourth-order valence-corrected chi connectivity index (χ4v) is 2.46. The first kappa shape index (κ1) is 9.66. The third kappa shape index (κ3) is 1.46. The molecule has 0 aliphatic carbocycles. The highest BCUT2D eigenvalue weighted by Crippen LogP contribution is 2.26. The Morgan fingerprint density at radius 1 is 1.50 bits per heavy atom. The van der Waals surface area contributed by atoms with E-state index in [2.05, 4.69) is 21.3 Å². The van der Waals surface area contributed by atoms with Crippen molar-refractivity contribution in [3.8, 4) is 5.75 Å². The van der Waals surface area contributed by atoms with E-state index in [0.717, 1.165) is 30.9 Å². The molecule has 0 saturated carbocycles. The molecule has 4 nitrogen and oxygen atoms in total. The van der Waals surface area contributed by atoms with E-state index < -0.39 is 0 Å². The zero-order chi connectivity index (χ0) is 11.1. The largest absolute Gasteiger partial charge is 0.508 e. The Morgan fingerprint density at radius 3 is 3.12 bits per heavy atom. The van der Waals surface area contributed by atoms with E-state index in [9.17, 15) is 5.11 Å². The van der Waals surface area contributed by atoms with Crippen LogP contribution < -0.4 is 0 Å². The number of likely N-dealkylation sites (N-methyl/N-ethyl adjacent to an activating group) is 1. The molecule has 1 N–H and O–H groups in total. The molecule has 4 heteroatoms. The Hall–Kier alpha value is -1.55. The smallest absolute Gasteiger partial charge is 0.119 e. The summed E-state index contributed by atoms with van der Waals surface area (Å²) < 4.78 is 2.07. The molecule has 1 unspecified atom stereocenters. The topological polar surface area (TPSA) is 40.8 Å². The van der Waals surface area contributed by atoms with Gasteiger partial charge in [0.1, 0.15) is 11.6 Å². The van der Waals surface area contributed by atoms with Gasteiger partial charge in [-0.2, -0.15) is 0 Å². The lowest BCUT2D eigenvalue weighted by Crippen LogP contribution is -2.14. The lowest BCUT2D eigenvalue weighted by molar-refractivity contribution is 0.409. The molecule has 1 fully saturated rings. The minimum absolute atomic E-state index is 0.294. The van der Waals surface area contributed by atoms with Gasteiger partial charge in [0.15, 0.2) is 0 Å². The molecule has 0 spiro atoms. The number of likely N-dealkylation sites (tertiary alicyclic amines) is 1. The van der Waals surface area contributed by atoms with Gasteiger partial charge in [0.2, 0.25) is 0 Å². The summed E-state index contributed by atoms with van der Waals surface area (Å²) in [5.74, 6) is 1.92. The van der Waals surface area contributed by atoms with E-state index in [1.165, 1.54) is 0 Å². The average molecular weight is 217 g/mol. The zero-order valence-corrected chi connectivity index (χ0v) is 9.30. The van der Waals surface area contributed by atoms with Crippen molar-refractivity contribution in [1.82, 2.24) is 14.3 Å². The average Bonchev–Trinajstić information content (AvgIpc) is 2.83. The highest BCUT2D eigenvalue weighted by atomic mass is 16.3. The first-order chi connectivity index (χ1) is 7.74. The first-order valence-corrected chi connectivity index (χ1v) is 5.58. The molecule has 1 saturated heterocycles. The first-order valence-electron chi connectivity index (χ1n) is 5.58. The predicted octanol–water partition coefficient (Wildman–Crippen LogP) is 1.46. The van der Waals surface area contributed by atoms with E-state index in [1.54, 1.807) is 12.1 Å². The Morgan fingerprint density at radius 2 is 2.38 bits per heavy atom. The monoisotopic (exact) mass is 217 g/mol. The number of hydrogen-bond acceptors (Lipinski definition) is 3. The number of aromatic hydroxyl groups is 1. The molecule has 0 amide bonds. The highest BCUT2D eigenvalue weighted by Gasteiger charge is 2.24. The molecule has 0 radical (unpaired) electrons. The summed E-state index contributed by atoms with van der Waals surface area (Å²) >= 11 is 0. The van der Waals surface area contributed by atoms with Gasteiger partial charge in [-0.25, -0.2) is 4.98 Å². The minimum atomic E-state index is 0.294. The Bertz CT molecular complexity index is 520. The van der Waals surface area contributed by atoms with Crippen LogP contribution in [0.15, 0.2) is 24.5 Å². The van der Waals surface area contributed by atoms with Crippen molar-refractivity contribution < 1.29 is 5.11 Å². The van der Waals surface area contributed by atoms with Gasteiger partial charge in [0.05, 0.1) is 11.7 Å². The summed E-state index contributed by atoms with van der Waals surface area (Å²) in [6.07, 6.45) is 4.88. The molecule has 2 aromatic rings. The summed E-state index contributed by atoms with van der Waals surface area (Å²) in [7, 11) is 2.14. The number of hydrogen-bond donors (Lipinski definition) is 1. The normalized spacial score (nSPS) is 21.9. The molecule has 3 rings (SSSR count). The van der Waals surface area contributed by atoms with Crippen LogP contribution in [0, 0.1) is 0 Å². The van der Waals surface area contributed by atoms with Gasteiger partial charge in [-0.15, -0.1) is 0 Å². The Balaban J connectivity index is 2.04. The maximum atomic E-state index is 9.40. The van der Waals surface area contributed by atoms with E-state index in [-0.39, 0.29) is 0 Å². The number of rotatable bonds is 1. The van der Waals surface area contributed by atoms with Gasteiger partial charge in [-0.1, -0.05) is 0 Å². The fourth-order valence-electron chi connectivity index (χ4n) is 2.46. The lowest BCUT2D eigenvalue weighted by Gasteiger charge is -2.09. The fraction of sp³-hybridized carbons (Fsp3) is 0.417. The standard InChI is InChI=1S/C12H15N3O/c1-14-4-2-9(8-14)12-13-7-10-6-11(16)3-5-15(10)12/h3,5-7,9,16H,2,4,8H2,1H3. The Labute approximate surface area is 94.1 Å². The van der Waals surface area contributed by atoms with Crippen molar-refractivity contribution in [3.05, 3.63) is 30.4 Å². The molecule has 16 heavy (non-hydrogen) atoms. The number of fused-ring (bicyclic) bond motifs is 1. The van der Waals surface area contributed by atoms with Crippen LogP contribution in [0.1, 0.15) is 18.2 Å². The van der Waals surface area contributed by atoms with E-state index in [0.29, 0.717) is 11.7 Å². The van der Waals surface area contributed by atoms with Gasteiger partial charge in [-0.05, 0) is 26.1 Å². The van der Waals surface area contributed by atoms with Crippen molar-refractivity contribution in [3.63, 3.8) is 0 Å². The summed E-state index contributed by atoms with van der Waals surface area (Å²) in [6, 6.07) is 3.45. The second-order valence-electron chi connectivity index (χ2n) is 4.54. The summed E-state index contributed by atoms with van der Waals surface area (Å²) in [5, 5.41) is 9.40. The zero-order valence-electron chi connectivity index (χ0n) is 9.30. The van der Waals surface area contributed by atoms with Crippen LogP contribution in [0.25, 0.3) is 5.52 Å². The molecule has 2 aromatic heterocycles. The van der Waals surface area contributed by atoms with Crippen molar-refractivity contribution >= 4 is 5.52 Å². The number of pyridine rings is 1. The van der Waals surface area contributed by atoms with Gasteiger partial charge < -0.3 is 14.4 Å². The van der Waals surface area contributed by atoms with Crippen LogP contribution in [-0.4, -0.2) is 39.5 Å². The van der Waals surface area contributed by atoms with Crippen LogP contribution in [0.4, 0.5) is 0 Å². The van der Waals surface area contributed by atoms with Crippen molar-refractivity contribution in [1.29, 1.82) is 0 Å². The summed E-state index contributed by atoms with van der Waals surface area (Å²) in [6.45, 7) is 2.21. The van der Waals surface area contributed by atoms with Crippen LogP contribution in [-0.2, 0) is 0 Å². The van der Waals surface area contributed by atoms with Gasteiger partial charge in [-0.3, -0.25) is 0 Å². The van der Waals surface area contributed by atoms with Crippen LogP contribution in [0.2, 0.25) is 0 Å². The molecule has 84 valence electrons. The second-order valence-corrected chi connectivity index (χ2v) is 4.54. The molecule has 1 aliphatic heterocycles. The van der Waals surface area contributed by atoms with Gasteiger partial charge in [0, 0.05) is 24.7 Å². The molecule has 1 atom stereocenters. The second kappa shape index (κ2) is 3.49. The number of nitrogens with zero attached hydrogens (tertiary/aromatic N) is 3. The summed E-state index contributed by atoms with van der Waals surface area (Å²) in [5.41, 5.74) is 0.963. The van der Waals surface area contributed by atoms with Crippen LogP contribution in [0.3, 0.4) is 0 Å². The van der Waals surface area contributed by atoms with Crippen molar-refractivity contribution in [2.24, 2.45) is 0 Å². The molecular formula is C12H15N3O. The minimum Gasteiger partial charge on any atom is -0.508 e. The van der Waals surface area contributed by atoms with Gasteiger partial charge in [0.25, 0.3) is 0 Å². The van der Waals surface area contributed by atoms with Crippen LogP contribution in [0.5, 0.6) is 5.75 Å². The Kier molecular flexibility index (Phi) is 2.11. The van der Waals surface area contributed by atoms with E-state index in [1.807, 2.05) is 12.4 Å². The molecular weight excluding hydrogens is 202 g/mol. The predicted molar refractivity (Wildman–Crippen MR) is 61.7 cm³/mol. The van der Waals surface area contributed by atoms with Crippen molar-refractivity contribution in [2.45, 2.75) is 12.3 Å². The third-order valence-corrected chi connectivity index (χ3v) is 3.30. The maximum Gasteiger partial charge on any atom is 0.119 e. The number of imidazole rings is 1. The van der Waals surface area contributed by atoms with Crippen molar-refractivity contribution in [2.75, 3.05) is 20.1 Å².